The zero-order valence-corrected chi connectivity index (χ0v) is 12.8. The van der Waals surface area contributed by atoms with Gasteiger partial charge < -0.3 is 19.5 Å². The molecule has 2 atom stereocenters. The van der Waals surface area contributed by atoms with E-state index in [1.54, 1.807) is 4.90 Å². The Morgan fingerprint density at radius 3 is 2.71 bits per heavy atom. The molecule has 21 heavy (non-hydrogen) atoms. The molecule has 0 bridgehead atoms. The number of hydrogen-bond donors (Lipinski definition) is 1. The van der Waals surface area contributed by atoms with Gasteiger partial charge in [-0.25, -0.2) is 0 Å². The van der Waals surface area contributed by atoms with Crippen molar-refractivity contribution >= 4 is 5.91 Å². The van der Waals surface area contributed by atoms with Crippen molar-refractivity contribution in [3.63, 3.8) is 0 Å². The summed E-state index contributed by atoms with van der Waals surface area (Å²) < 4.78 is 11.1. The van der Waals surface area contributed by atoms with E-state index < -0.39 is 11.7 Å². The Hall–Kier alpha value is -1.43. The van der Waals surface area contributed by atoms with Crippen molar-refractivity contribution in [1.29, 1.82) is 0 Å². The molecule has 0 aliphatic carbocycles. The predicted molar refractivity (Wildman–Crippen MR) is 78.8 cm³/mol. The highest BCUT2D eigenvalue weighted by molar-refractivity contribution is 5.82. The summed E-state index contributed by atoms with van der Waals surface area (Å²) in [5, 5.41) is 9.34. The van der Waals surface area contributed by atoms with E-state index in [0.717, 1.165) is 5.56 Å². The van der Waals surface area contributed by atoms with E-state index in [1.165, 1.54) is 7.11 Å². The molecule has 2 rings (SSSR count). The molecule has 116 valence electrons. The van der Waals surface area contributed by atoms with Crippen LogP contribution in [0.5, 0.6) is 0 Å². The summed E-state index contributed by atoms with van der Waals surface area (Å²) >= 11 is 0. The van der Waals surface area contributed by atoms with Crippen molar-refractivity contribution in [2.75, 3.05) is 26.8 Å². The van der Waals surface area contributed by atoms with Crippen LogP contribution in [0.3, 0.4) is 0 Å². The number of carbonyl (C=O) groups excluding carboxylic acids is 1. The fourth-order valence-electron chi connectivity index (χ4n) is 2.73. The largest absolute Gasteiger partial charge is 0.394 e. The molecule has 1 saturated heterocycles. The molecule has 0 radical (unpaired) electrons. The highest BCUT2D eigenvalue weighted by atomic mass is 16.5. The summed E-state index contributed by atoms with van der Waals surface area (Å²) in [4.78, 5) is 14.5. The lowest BCUT2D eigenvalue weighted by Crippen LogP contribution is -2.56. The van der Waals surface area contributed by atoms with E-state index in [1.807, 2.05) is 44.2 Å². The van der Waals surface area contributed by atoms with E-state index in [0.29, 0.717) is 13.1 Å². The Bertz CT molecular complexity index is 474. The Balaban J connectivity index is 2.17. The van der Waals surface area contributed by atoms with Gasteiger partial charge >= 0.3 is 0 Å². The molecule has 1 aliphatic rings. The number of amides is 1. The molecule has 1 aromatic carbocycles. The van der Waals surface area contributed by atoms with E-state index in [9.17, 15) is 9.90 Å². The molecule has 1 fully saturated rings. The second-order valence-electron chi connectivity index (χ2n) is 5.93. The lowest BCUT2D eigenvalue weighted by Gasteiger charge is -2.43. The Labute approximate surface area is 125 Å². The summed E-state index contributed by atoms with van der Waals surface area (Å²) in [7, 11) is 1.53. The van der Waals surface area contributed by atoms with Crippen LogP contribution in [-0.2, 0) is 14.3 Å². The molecule has 1 N–H and O–H groups in total. The molecule has 2 unspecified atom stereocenters. The second kappa shape index (κ2) is 6.56. The van der Waals surface area contributed by atoms with Gasteiger partial charge in [-0.2, -0.15) is 0 Å². The van der Waals surface area contributed by atoms with Crippen molar-refractivity contribution in [1.82, 2.24) is 4.90 Å². The average molecular weight is 293 g/mol. The maximum Gasteiger partial charge on any atom is 0.256 e. The molecule has 0 saturated carbocycles. The van der Waals surface area contributed by atoms with Crippen molar-refractivity contribution < 1.29 is 19.4 Å². The molecule has 1 aliphatic heterocycles. The number of carbonyl (C=O) groups is 1. The number of rotatable bonds is 4. The molecule has 5 nitrogen and oxygen atoms in total. The highest BCUT2D eigenvalue weighted by Gasteiger charge is 2.37. The van der Waals surface area contributed by atoms with Crippen molar-refractivity contribution in [2.24, 2.45) is 0 Å². The predicted octanol–water partition coefficient (Wildman–Crippen LogP) is 1.37. The van der Waals surface area contributed by atoms with Gasteiger partial charge in [0.25, 0.3) is 5.91 Å². The third kappa shape index (κ3) is 3.81. The lowest BCUT2D eigenvalue weighted by atomic mass is 10.0. The third-order valence-electron chi connectivity index (χ3n) is 3.56. The van der Waals surface area contributed by atoms with Crippen LogP contribution in [0.2, 0.25) is 0 Å². The minimum absolute atomic E-state index is 0.0986. The zero-order chi connectivity index (χ0) is 15.5. The molecule has 1 amide bonds. The maximum atomic E-state index is 12.7. The van der Waals surface area contributed by atoms with Crippen LogP contribution in [0.4, 0.5) is 0 Å². The molecule has 1 heterocycles. The fourth-order valence-corrected chi connectivity index (χ4v) is 2.73. The number of hydrogen-bond acceptors (Lipinski definition) is 4. The van der Waals surface area contributed by atoms with Gasteiger partial charge in [-0.1, -0.05) is 30.3 Å². The maximum absolute atomic E-state index is 12.7. The molecule has 5 heteroatoms. The molecule has 0 aromatic heterocycles. The van der Waals surface area contributed by atoms with Gasteiger partial charge in [-0.05, 0) is 19.4 Å². The first-order chi connectivity index (χ1) is 9.96. The number of ether oxygens (including phenoxy) is 2. The monoisotopic (exact) mass is 293 g/mol. The van der Waals surface area contributed by atoms with Gasteiger partial charge in [0.2, 0.25) is 0 Å². The summed E-state index contributed by atoms with van der Waals surface area (Å²) in [6.07, 6.45) is -0.981. The van der Waals surface area contributed by atoms with E-state index in [2.05, 4.69) is 0 Å². The van der Waals surface area contributed by atoms with E-state index in [-0.39, 0.29) is 18.6 Å². The van der Waals surface area contributed by atoms with Crippen LogP contribution in [0, 0.1) is 0 Å². The van der Waals surface area contributed by atoms with Gasteiger partial charge in [0.05, 0.1) is 18.3 Å². The minimum Gasteiger partial charge on any atom is -0.394 e. The number of morpholine rings is 1. The highest BCUT2D eigenvalue weighted by Crippen LogP contribution is 2.25. The summed E-state index contributed by atoms with van der Waals surface area (Å²) in [5.74, 6) is -0.0986. The number of benzene rings is 1. The smallest absolute Gasteiger partial charge is 0.256 e. The normalized spacial score (nSPS) is 22.9. The van der Waals surface area contributed by atoms with E-state index >= 15 is 0 Å². The number of nitrogens with zero attached hydrogens (tertiary/aromatic N) is 1. The van der Waals surface area contributed by atoms with E-state index in [4.69, 9.17) is 9.47 Å². The molecular weight excluding hydrogens is 270 g/mol. The van der Waals surface area contributed by atoms with Crippen LogP contribution < -0.4 is 0 Å². The molecular formula is C16H23NO4. The van der Waals surface area contributed by atoms with Crippen LogP contribution >= 0.6 is 0 Å². The quantitative estimate of drug-likeness (QED) is 0.911. The van der Waals surface area contributed by atoms with Gasteiger partial charge in [0.15, 0.2) is 6.10 Å². The average Bonchev–Trinajstić information content (AvgIpc) is 2.47. The van der Waals surface area contributed by atoms with Gasteiger partial charge in [-0.3, -0.25) is 4.79 Å². The van der Waals surface area contributed by atoms with Crippen molar-refractivity contribution in [2.45, 2.75) is 31.7 Å². The standard InChI is InChI=1S/C16H23NO4/c1-16(2)11-17(9-13(10-18)21-16)15(19)14(20-3)12-7-5-4-6-8-12/h4-8,13-14,18H,9-11H2,1-3H3. The molecule has 0 spiro atoms. The van der Waals surface area contributed by atoms with Gasteiger partial charge in [0.1, 0.15) is 0 Å². The summed E-state index contributed by atoms with van der Waals surface area (Å²) in [6, 6.07) is 9.42. The van der Waals surface area contributed by atoms with Gasteiger partial charge in [0, 0.05) is 20.2 Å². The topological polar surface area (TPSA) is 59.0 Å². The number of aliphatic hydroxyl groups excluding tert-OH is 1. The first-order valence-electron chi connectivity index (χ1n) is 7.12. The first-order valence-corrected chi connectivity index (χ1v) is 7.12. The zero-order valence-electron chi connectivity index (χ0n) is 12.8. The first kappa shape index (κ1) is 15.9. The minimum atomic E-state index is -0.626. The fraction of sp³-hybridized carbons (Fsp3) is 0.562. The molecule has 1 aromatic rings. The second-order valence-corrected chi connectivity index (χ2v) is 5.93. The van der Waals surface area contributed by atoms with Crippen LogP contribution in [-0.4, -0.2) is 54.4 Å². The van der Waals surface area contributed by atoms with Gasteiger partial charge in [-0.15, -0.1) is 0 Å². The summed E-state index contributed by atoms with van der Waals surface area (Å²) in [6.45, 7) is 4.59. The lowest BCUT2D eigenvalue weighted by molar-refractivity contribution is -0.174. The summed E-state index contributed by atoms with van der Waals surface area (Å²) in [5.41, 5.74) is 0.353. The van der Waals surface area contributed by atoms with Crippen LogP contribution in [0.25, 0.3) is 0 Å². The van der Waals surface area contributed by atoms with Crippen molar-refractivity contribution in [3.8, 4) is 0 Å². The Kier molecular flexibility index (Phi) is 4.98. The van der Waals surface area contributed by atoms with Crippen LogP contribution in [0.1, 0.15) is 25.5 Å². The Morgan fingerprint density at radius 2 is 2.14 bits per heavy atom. The SMILES string of the molecule is COC(C(=O)N1CC(CO)OC(C)(C)C1)c1ccccc1. The Morgan fingerprint density at radius 1 is 1.48 bits per heavy atom. The number of aliphatic hydroxyl groups is 1. The number of methoxy groups -OCH3 is 1. The van der Waals surface area contributed by atoms with Crippen LogP contribution in [0.15, 0.2) is 30.3 Å². The third-order valence-corrected chi connectivity index (χ3v) is 3.56. The van der Waals surface area contributed by atoms with Crippen molar-refractivity contribution in [3.05, 3.63) is 35.9 Å².